The quantitative estimate of drug-likeness (QED) is 0.546. The number of carboxylic acids is 1. The van der Waals surface area contributed by atoms with E-state index in [-0.39, 0.29) is 25.0 Å². The molecule has 5 aliphatic rings. The number of rotatable bonds is 5. The SMILES string of the molecule is C=C(C)C(=O)OCC1OC2(OC1CO)C1CC3CC2CC(C(=O)[O-])(C3)C1. The molecular formula is C19H25O7-. The van der Waals surface area contributed by atoms with Gasteiger partial charge in [-0.3, -0.25) is 0 Å². The average molecular weight is 365 g/mol. The number of hydrogen-bond acceptors (Lipinski definition) is 7. The van der Waals surface area contributed by atoms with E-state index in [1.807, 2.05) is 0 Å². The smallest absolute Gasteiger partial charge is 0.333 e. The van der Waals surface area contributed by atoms with Crippen molar-refractivity contribution in [3.8, 4) is 0 Å². The van der Waals surface area contributed by atoms with Gasteiger partial charge in [-0.15, -0.1) is 0 Å². The highest BCUT2D eigenvalue weighted by atomic mass is 16.8. The van der Waals surface area contributed by atoms with Gasteiger partial charge < -0.3 is 29.2 Å². The summed E-state index contributed by atoms with van der Waals surface area (Å²) in [6.45, 7) is 4.85. The van der Waals surface area contributed by atoms with Gasteiger partial charge in [-0.25, -0.2) is 4.79 Å². The van der Waals surface area contributed by atoms with Gasteiger partial charge >= 0.3 is 5.97 Å². The Morgan fingerprint density at radius 1 is 1.19 bits per heavy atom. The zero-order chi connectivity index (χ0) is 18.7. The number of ether oxygens (including phenoxy) is 3. The van der Waals surface area contributed by atoms with Crippen LogP contribution in [0.2, 0.25) is 0 Å². The lowest BCUT2D eigenvalue weighted by Crippen LogP contribution is -2.65. The number of hydrogen-bond donors (Lipinski definition) is 1. The molecule has 0 amide bonds. The molecule has 4 unspecified atom stereocenters. The monoisotopic (exact) mass is 365 g/mol. The third-order valence-electron chi connectivity index (χ3n) is 6.75. The summed E-state index contributed by atoms with van der Waals surface area (Å²) in [5, 5.41) is 21.5. The van der Waals surface area contributed by atoms with Gasteiger partial charge in [-0.05, 0) is 44.9 Å². The third kappa shape index (κ3) is 2.52. The van der Waals surface area contributed by atoms with Crippen LogP contribution >= 0.6 is 0 Å². The van der Waals surface area contributed by atoms with Gasteiger partial charge in [0.2, 0.25) is 0 Å². The summed E-state index contributed by atoms with van der Waals surface area (Å²) in [5.41, 5.74) is -0.474. The van der Waals surface area contributed by atoms with Crippen LogP contribution in [0.5, 0.6) is 0 Å². The Kier molecular flexibility index (Phi) is 4.17. The Labute approximate surface area is 152 Å². The normalized spacial score (nSPS) is 45.8. The van der Waals surface area contributed by atoms with E-state index in [1.54, 1.807) is 6.92 Å². The minimum Gasteiger partial charge on any atom is -0.550 e. The lowest BCUT2D eigenvalue weighted by molar-refractivity contribution is -0.350. The van der Waals surface area contributed by atoms with Crippen LogP contribution in [-0.4, -0.2) is 48.3 Å². The fraction of sp³-hybridized carbons (Fsp3) is 0.789. The second-order valence-corrected chi connectivity index (χ2v) is 8.51. The second kappa shape index (κ2) is 6.04. The maximum atomic E-state index is 11.8. The molecule has 7 heteroatoms. The first-order valence-corrected chi connectivity index (χ1v) is 9.30. The van der Waals surface area contributed by atoms with E-state index in [2.05, 4.69) is 6.58 Å². The molecule has 5 fully saturated rings. The molecule has 26 heavy (non-hydrogen) atoms. The van der Waals surface area contributed by atoms with E-state index >= 15 is 0 Å². The van der Waals surface area contributed by atoms with Crippen molar-refractivity contribution in [2.75, 3.05) is 13.2 Å². The molecule has 4 saturated carbocycles. The number of carbonyl (C=O) groups is 2. The van der Waals surface area contributed by atoms with E-state index in [9.17, 15) is 19.8 Å². The lowest BCUT2D eigenvalue weighted by atomic mass is 9.47. The Hall–Kier alpha value is -1.44. The van der Waals surface area contributed by atoms with Crippen molar-refractivity contribution in [1.82, 2.24) is 0 Å². The minimum atomic E-state index is -0.963. The van der Waals surface area contributed by atoms with Gasteiger partial charge in [0.1, 0.15) is 18.8 Å². The van der Waals surface area contributed by atoms with E-state index in [1.165, 1.54) is 0 Å². The van der Waals surface area contributed by atoms with Crippen LogP contribution < -0.4 is 5.11 Å². The van der Waals surface area contributed by atoms with Crippen molar-refractivity contribution in [3.05, 3.63) is 12.2 Å². The number of aliphatic carboxylic acids is 1. The molecule has 0 aromatic heterocycles. The lowest BCUT2D eigenvalue weighted by Gasteiger charge is -2.63. The topological polar surface area (TPSA) is 105 Å². The molecule has 0 aromatic rings. The van der Waals surface area contributed by atoms with E-state index in [0.717, 1.165) is 12.8 Å². The van der Waals surface area contributed by atoms with Crippen LogP contribution in [0.15, 0.2) is 12.2 Å². The zero-order valence-electron chi connectivity index (χ0n) is 14.9. The summed E-state index contributed by atoms with van der Waals surface area (Å²) < 4.78 is 17.7. The fourth-order valence-electron chi connectivity index (χ4n) is 5.79. The summed E-state index contributed by atoms with van der Waals surface area (Å²) in [6, 6.07) is 0. The highest BCUT2D eigenvalue weighted by Crippen LogP contribution is 2.66. The molecule has 1 heterocycles. The Balaban J connectivity index is 1.54. The van der Waals surface area contributed by atoms with E-state index in [0.29, 0.717) is 30.8 Å². The highest BCUT2D eigenvalue weighted by Gasteiger charge is 2.67. The summed E-state index contributed by atoms with van der Waals surface area (Å²) in [6.07, 6.45) is 2.21. The second-order valence-electron chi connectivity index (χ2n) is 8.51. The van der Waals surface area contributed by atoms with Crippen LogP contribution in [0.4, 0.5) is 0 Å². The molecular weight excluding hydrogens is 340 g/mol. The van der Waals surface area contributed by atoms with Crippen LogP contribution in [0.1, 0.15) is 39.0 Å². The molecule has 1 spiro atoms. The number of esters is 1. The Morgan fingerprint density at radius 2 is 1.81 bits per heavy atom. The van der Waals surface area contributed by atoms with Gasteiger partial charge in [0, 0.05) is 28.8 Å². The van der Waals surface area contributed by atoms with Gasteiger partial charge in [0.05, 0.1) is 6.61 Å². The van der Waals surface area contributed by atoms with Crippen molar-refractivity contribution >= 4 is 11.9 Å². The minimum absolute atomic E-state index is 0.0207. The predicted molar refractivity (Wildman–Crippen MR) is 86.3 cm³/mol. The van der Waals surface area contributed by atoms with Crippen molar-refractivity contribution in [3.63, 3.8) is 0 Å². The standard InChI is InChI=1S/C19H26O7/c1-10(2)16(21)24-9-15-14(8-20)25-19(26-15)12-3-11-4-13(19)7-18(5-11,6-12)17(22)23/h11-15,20H,1,3-9H2,2H3,(H,22,23)/p-1. The van der Waals surface area contributed by atoms with Crippen LogP contribution in [0.25, 0.3) is 0 Å². The molecule has 4 aliphatic carbocycles. The molecule has 1 saturated heterocycles. The Morgan fingerprint density at radius 3 is 2.35 bits per heavy atom. The van der Waals surface area contributed by atoms with Gasteiger partial charge in [0.25, 0.3) is 0 Å². The zero-order valence-corrected chi connectivity index (χ0v) is 14.9. The highest BCUT2D eigenvalue weighted by molar-refractivity contribution is 5.86. The molecule has 1 N–H and O–H groups in total. The number of aliphatic hydroxyl groups is 1. The fourth-order valence-corrected chi connectivity index (χ4v) is 5.79. The molecule has 1 aliphatic heterocycles. The average Bonchev–Trinajstić information content (AvgIpc) is 2.96. The molecule has 4 bridgehead atoms. The number of carboxylic acid groups (broad SMARTS) is 1. The van der Waals surface area contributed by atoms with Crippen molar-refractivity contribution < 1.29 is 34.0 Å². The summed E-state index contributed by atoms with van der Waals surface area (Å²) in [5.74, 6) is -2.08. The number of aliphatic hydroxyl groups excluding tert-OH is 1. The number of carbonyl (C=O) groups excluding carboxylic acids is 2. The van der Waals surface area contributed by atoms with Crippen LogP contribution in [-0.2, 0) is 23.8 Å². The molecule has 4 atom stereocenters. The summed E-state index contributed by atoms with van der Waals surface area (Å²) in [4.78, 5) is 23.5. The predicted octanol–water partition coefficient (Wildman–Crippen LogP) is 0.155. The van der Waals surface area contributed by atoms with Crippen molar-refractivity contribution in [2.45, 2.75) is 57.0 Å². The maximum Gasteiger partial charge on any atom is 0.333 e. The summed E-state index contributed by atoms with van der Waals surface area (Å²) in [7, 11) is 0. The first-order chi connectivity index (χ1) is 12.3. The molecule has 7 nitrogen and oxygen atoms in total. The van der Waals surface area contributed by atoms with Gasteiger partial charge in [-0.2, -0.15) is 0 Å². The molecule has 0 aromatic carbocycles. The van der Waals surface area contributed by atoms with Crippen LogP contribution in [0, 0.1) is 23.2 Å². The summed E-state index contributed by atoms with van der Waals surface area (Å²) >= 11 is 0. The van der Waals surface area contributed by atoms with Gasteiger partial charge in [-0.1, -0.05) is 6.58 Å². The molecule has 5 rings (SSSR count). The largest absolute Gasteiger partial charge is 0.550 e. The third-order valence-corrected chi connectivity index (χ3v) is 6.75. The first kappa shape index (κ1) is 17.9. The molecule has 144 valence electrons. The van der Waals surface area contributed by atoms with E-state index in [4.69, 9.17) is 14.2 Å². The molecule has 0 radical (unpaired) electrons. The van der Waals surface area contributed by atoms with Crippen molar-refractivity contribution in [1.29, 1.82) is 0 Å². The van der Waals surface area contributed by atoms with Gasteiger partial charge in [0.15, 0.2) is 5.79 Å². The maximum absolute atomic E-state index is 11.8. The Bertz CT molecular complexity index is 626. The van der Waals surface area contributed by atoms with Crippen LogP contribution in [0.3, 0.4) is 0 Å². The van der Waals surface area contributed by atoms with E-state index < -0.39 is 35.3 Å². The van der Waals surface area contributed by atoms with Crippen molar-refractivity contribution in [2.24, 2.45) is 23.2 Å². The first-order valence-electron chi connectivity index (χ1n) is 9.30.